The molecule has 2 aromatic rings. The van der Waals surface area contributed by atoms with E-state index in [0.29, 0.717) is 23.6 Å². The number of ether oxygens (including phenoxy) is 1. The standard InChI is InChI=1S/C18H21NO4S/c1-3-23-17-10-8-16(9-11-17)19-18(20)13-24(21,22)12-15-6-4-14(2)5-7-15/h4-11H,3,12-13H2,1-2H3,(H,19,20). The summed E-state index contributed by atoms with van der Waals surface area (Å²) in [6.07, 6.45) is 0. The maximum atomic E-state index is 12.1. The minimum absolute atomic E-state index is 0.149. The molecule has 5 nitrogen and oxygen atoms in total. The van der Waals surface area contributed by atoms with Crippen molar-refractivity contribution in [3.05, 3.63) is 59.7 Å². The largest absolute Gasteiger partial charge is 0.494 e. The van der Waals surface area contributed by atoms with Gasteiger partial charge < -0.3 is 10.1 Å². The van der Waals surface area contributed by atoms with Crippen LogP contribution in [0.25, 0.3) is 0 Å². The fraction of sp³-hybridized carbons (Fsp3) is 0.278. The van der Waals surface area contributed by atoms with Crippen LogP contribution in [0, 0.1) is 6.92 Å². The maximum absolute atomic E-state index is 12.1. The zero-order valence-electron chi connectivity index (χ0n) is 13.8. The van der Waals surface area contributed by atoms with Gasteiger partial charge in [0.15, 0.2) is 9.84 Å². The van der Waals surface area contributed by atoms with Crippen molar-refractivity contribution in [3.63, 3.8) is 0 Å². The molecular formula is C18H21NO4S. The average molecular weight is 347 g/mol. The predicted octanol–water partition coefficient (Wildman–Crippen LogP) is 2.95. The van der Waals surface area contributed by atoms with Gasteiger partial charge in [0.25, 0.3) is 0 Å². The monoisotopic (exact) mass is 347 g/mol. The molecule has 2 rings (SSSR count). The number of carbonyl (C=O) groups is 1. The fourth-order valence-corrected chi connectivity index (χ4v) is 3.46. The van der Waals surface area contributed by atoms with Gasteiger partial charge in [-0.05, 0) is 43.7 Å². The number of rotatable bonds is 7. The van der Waals surface area contributed by atoms with Gasteiger partial charge in [-0.3, -0.25) is 4.79 Å². The lowest BCUT2D eigenvalue weighted by Crippen LogP contribution is -2.23. The quantitative estimate of drug-likeness (QED) is 0.836. The highest BCUT2D eigenvalue weighted by Gasteiger charge is 2.17. The van der Waals surface area contributed by atoms with Gasteiger partial charge in [-0.1, -0.05) is 29.8 Å². The lowest BCUT2D eigenvalue weighted by atomic mass is 10.2. The SMILES string of the molecule is CCOc1ccc(NC(=O)CS(=O)(=O)Cc2ccc(C)cc2)cc1. The van der Waals surface area contributed by atoms with Crippen LogP contribution in [0.3, 0.4) is 0 Å². The Morgan fingerprint density at radius 2 is 1.67 bits per heavy atom. The molecule has 0 heterocycles. The number of sulfone groups is 1. The number of anilines is 1. The molecule has 0 bridgehead atoms. The van der Waals surface area contributed by atoms with Crippen LogP contribution in [-0.4, -0.2) is 26.7 Å². The van der Waals surface area contributed by atoms with E-state index in [0.717, 1.165) is 5.56 Å². The van der Waals surface area contributed by atoms with Crippen molar-refractivity contribution in [1.29, 1.82) is 0 Å². The topological polar surface area (TPSA) is 72.5 Å². The molecule has 0 saturated heterocycles. The molecule has 0 spiro atoms. The van der Waals surface area contributed by atoms with Crippen LogP contribution in [0.15, 0.2) is 48.5 Å². The highest BCUT2D eigenvalue weighted by molar-refractivity contribution is 7.91. The van der Waals surface area contributed by atoms with Gasteiger partial charge in [0.1, 0.15) is 11.5 Å². The summed E-state index contributed by atoms with van der Waals surface area (Å²) in [7, 11) is -3.52. The van der Waals surface area contributed by atoms with Gasteiger partial charge >= 0.3 is 0 Å². The van der Waals surface area contributed by atoms with Crippen molar-refractivity contribution in [2.75, 3.05) is 17.7 Å². The Balaban J connectivity index is 1.93. The molecular weight excluding hydrogens is 326 g/mol. The fourth-order valence-electron chi connectivity index (χ4n) is 2.19. The van der Waals surface area contributed by atoms with E-state index < -0.39 is 21.5 Å². The Labute approximate surface area is 142 Å². The molecule has 0 radical (unpaired) electrons. The molecule has 0 aliphatic heterocycles. The third kappa shape index (κ3) is 5.70. The van der Waals surface area contributed by atoms with Crippen molar-refractivity contribution in [2.45, 2.75) is 19.6 Å². The number of amides is 1. The van der Waals surface area contributed by atoms with Crippen molar-refractivity contribution in [2.24, 2.45) is 0 Å². The Hall–Kier alpha value is -2.34. The number of nitrogens with one attached hydrogen (secondary N) is 1. The molecule has 24 heavy (non-hydrogen) atoms. The van der Waals surface area contributed by atoms with Crippen molar-refractivity contribution < 1.29 is 17.9 Å². The summed E-state index contributed by atoms with van der Waals surface area (Å²) in [4.78, 5) is 12.0. The predicted molar refractivity (Wildman–Crippen MR) is 94.9 cm³/mol. The molecule has 2 aromatic carbocycles. The Morgan fingerprint density at radius 1 is 1.04 bits per heavy atom. The van der Waals surface area contributed by atoms with Crippen LogP contribution in [0.1, 0.15) is 18.1 Å². The van der Waals surface area contributed by atoms with Crippen LogP contribution in [0.5, 0.6) is 5.75 Å². The number of aryl methyl sites for hydroxylation is 1. The molecule has 1 amide bonds. The minimum atomic E-state index is -3.52. The third-order valence-electron chi connectivity index (χ3n) is 3.31. The second kappa shape index (κ2) is 7.97. The van der Waals surface area contributed by atoms with E-state index in [1.807, 2.05) is 26.0 Å². The first-order valence-electron chi connectivity index (χ1n) is 7.66. The first-order chi connectivity index (χ1) is 11.4. The molecule has 0 saturated carbocycles. The first kappa shape index (κ1) is 18.0. The molecule has 0 aliphatic carbocycles. The molecule has 0 atom stereocenters. The third-order valence-corrected chi connectivity index (χ3v) is 4.78. The number of benzene rings is 2. The molecule has 1 N–H and O–H groups in total. The van der Waals surface area contributed by atoms with E-state index in [1.165, 1.54) is 0 Å². The summed E-state index contributed by atoms with van der Waals surface area (Å²) >= 11 is 0. The molecule has 0 unspecified atom stereocenters. The summed E-state index contributed by atoms with van der Waals surface area (Å²) in [6.45, 7) is 4.38. The van der Waals surface area contributed by atoms with Gasteiger partial charge in [-0.15, -0.1) is 0 Å². The van der Waals surface area contributed by atoms with Crippen molar-refractivity contribution in [1.82, 2.24) is 0 Å². The van der Waals surface area contributed by atoms with E-state index in [4.69, 9.17) is 4.74 Å². The highest BCUT2D eigenvalue weighted by Crippen LogP contribution is 2.16. The van der Waals surface area contributed by atoms with Crippen LogP contribution in [0.4, 0.5) is 5.69 Å². The normalized spacial score (nSPS) is 11.1. The maximum Gasteiger partial charge on any atom is 0.239 e. The summed E-state index contributed by atoms with van der Waals surface area (Å²) in [6, 6.07) is 14.0. The van der Waals surface area contributed by atoms with Gasteiger partial charge in [-0.2, -0.15) is 0 Å². The lowest BCUT2D eigenvalue weighted by Gasteiger charge is -2.08. The number of hydrogen-bond acceptors (Lipinski definition) is 4. The summed E-state index contributed by atoms with van der Waals surface area (Å²) in [5, 5.41) is 2.59. The first-order valence-corrected chi connectivity index (χ1v) is 9.49. The van der Waals surface area contributed by atoms with Gasteiger partial charge in [0, 0.05) is 5.69 Å². The van der Waals surface area contributed by atoms with Gasteiger partial charge in [0.05, 0.1) is 12.4 Å². The van der Waals surface area contributed by atoms with Crippen LogP contribution in [-0.2, 0) is 20.4 Å². The number of hydrogen-bond donors (Lipinski definition) is 1. The van der Waals surface area contributed by atoms with Crippen LogP contribution in [0.2, 0.25) is 0 Å². The molecule has 0 fully saturated rings. The van der Waals surface area contributed by atoms with E-state index in [9.17, 15) is 13.2 Å². The highest BCUT2D eigenvalue weighted by atomic mass is 32.2. The Morgan fingerprint density at radius 3 is 2.25 bits per heavy atom. The lowest BCUT2D eigenvalue weighted by molar-refractivity contribution is -0.113. The van der Waals surface area contributed by atoms with Gasteiger partial charge in [-0.25, -0.2) is 8.42 Å². The summed E-state index contributed by atoms with van der Waals surface area (Å²) in [5.41, 5.74) is 2.27. The molecule has 0 aliphatic rings. The van der Waals surface area contributed by atoms with Crippen molar-refractivity contribution in [3.8, 4) is 5.75 Å². The molecule has 6 heteroatoms. The van der Waals surface area contributed by atoms with E-state index in [1.54, 1.807) is 36.4 Å². The minimum Gasteiger partial charge on any atom is -0.494 e. The second-order valence-corrected chi connectivity index (χ2v) is 7.59. The molecule has 0 aromatic heterocycles. The van der Waals surface area contributed by atoms with E-state index in [2.05, 4.69) is 5.32 Å². The molecule has 128 valence electrons. The van der Waals surface area contributed by atoms with E-state index >= 15 is 0 Å². The summed E-state index contributed by atoms with van der Waals surface area (Å²) in [5.74, 6) is -0.549. The van der Waals surface area contributed by atoms with Crippen molar-refractivity contribution >= 4 is 21.4 Å². The van der Waals surface area contributed by atoms with Crippen LogP contribution >= 0.6 is 0 Å². The average Bonchev–Trinajstić information content (AvgIpc) is 2.51. The van der Waals surface area contributed by atoms with Crippen LogP contribution < -0.4 is 10.1 Å². The number of carbonyl (C=O) groups excluding carboxylic acids is 1. The van der Waals surface area contributed by atoms with E-state index in [-0.39, 0.29) is 5.75 Å². The van der Waals surface area contributed by atoms with Gasteiger partial charge in [0.2, 0.25) is 5.91 Å². The Bertz CT molecular complexity index is 781. The smallest absolute Gasteiger partial charge is 0.239 e. The zero-order valence-corrected chi connectivity index (χ0v) is 14.6. The summed E-state index contributed by atoms with van der Waals surface area (Å²) < 4.78 is 29.6. The Kier molecular flexibility index (Phi) is 5.98. The zero-order chi connectivity index (χ0) is 17.6. The second-order valence-electron chi connectivity index (χ2n) is 5.52.